The smallest absolute Gasteiger partial charge is 0.231 e. The quantitative estimate of drug-likeness (QED) is 0.385. The summed E-state index contributed by atoms with van der Waals surface area (Å²) < 4.78 is 33.8. The van der Waals surface area contributed by atoms with Gasteiger partial charge in [-0.25, -0.2) is 0 Å². The van der Waals surface area contributed by atoms with Crippen molar-refractivity contribution in [2.45, 2.75) is 19.9 Å². The molecule has 2 aliphatic heterocycles. The van der Waals surface area contributed by atoms with E-state index >= 15 is 0 Å². The summed E-state index contributed by atoms with van der Waals surface area (Å²) in [6.45, 7) is 3.92. The first-order valence-electron chi connectivity index (χ1n) is 12.3. The Morgan fingerprint density at radius 1 is 0.895 bits per heavy atom. The molecule has 0 bridgehead atoms. The highest BCUT2D eigenvalue weighted by atomic mass is 16.5. The van der Waals surface area contributed by atoms with Crippen LogP contribution < -0.4 is 28.4 Å². The SMILES string of the molecule is COc1ccc(CCN2COc3c(cc4c(c3C)O/C(=C\c3cc(OC)c(OC)cc3OC)C4=O)C2)cc1. The molecule has 198 valence electrons. The highest BCUT2D eigenvalue weighted by Crippen LogP contribution is 2.44. The number of ketones is 1. The first kappa shape index (κ1) is 25.5. The van der Waals surface area contributed by atoms with Gasteiger partial charge in [0.15, 0.2) is 17.3 Å². The van der Waals surface area contributed by atoms with Crippen molar-refractivity contribution in [1.82, 2.24) is 4.90 Å². The van der Waals surface area contributed by atoms with E-state index in [4.69, 9.17) is 28.4 Å². The Bertz CT molecular complexity index is 1390. The van der Waals surface area contributed by atoms with Crippen LogP contribution in [-0.4, -0.2) is 52.4 Å². The van der Waals surface area contributed by atoms with Gasteiger partial charge in [-0.3, -0.25) is 9.69 Å². The van der Waals surface area contributed by atoms with Crippen molar-refractivity contribution in [1.29, 1.82) is 0 Å². The maximum atomic E-state index is 13.4. The molecule has 0 unspecified atom stereocenters. The van der Waals surface area contributed by atoms with E-state index in [-0.39, 0.29) is 11.5 Å². The van der Waals surface area contributed by atoms with Crippen molar-refractivity contribution in [2.24, 2.45) is 0 Å². The van der Waals surface area contributed by atoms with Crippen LogP contribution in [0.25, 0.3) is 6.08 Å². The average Bonchev–Trinajstić information content (AvgIpc) is 3.26. The first-order valence-corrected chi connectivity index (χ1v) is 12.3. The molecular formula is C30H31NO7. The number of rotatable bonds is 8. The number of carbonyl (C=O) groups is 1. The van der Waals surface area contributed by atoms with Crippen LogP contribution in [-0.2, 0) is 13.0 Å². The summed E-state index contributed by atoms with van der Waals surface area (Å²) in [5.41, 5.74) is 4.20. The van der Waals surface area contributed by atoms with Gasteiger partial charge in [0.1, 0.15) is 29.7 Å². The van der Waals surface area contributed by atoms with E-state index in [0.29, 0.717) is 47.4 Å². The summed E-state index contributed by atoms with van der Waals surface area (Å²) in [6.07, 6.45) is 2.55. The van der Waals surface area contributed by atoms with E-state index in [9.17, 15) is 4.79 Å². The number of hydrogen-bond donors (Lipinski definition) is 0. The molecule has 0 saturated carbocycles. The number of Topliss-reactive ketones (excluding diaryl/α,β-unsaturated/α-hetero) is 1. The number of benzene rings is 3. The monoisotopic (exact) mass is 517 g/mol. The standard InChI is InChI=1S/C30H31NO7/c1-18-29-21(16-31(17-37-29)11-10-19-6-8-22(33-2)9-7-19)12-23-28(32)27(38-30(18)23)14-20-13-25(35-4)26(36-5)15-24(20)34-3/h6-9,12-15H,10-11,16-17H2,1-5H3/b27-14-. The Hall–Kier alpha value is -4.17. The van der Waals surface area contributed by atoms with Gasteiger partial charge in [0.05, 0.1) is 34.0 Å². The van der Waals surface area contributed by atoms with Gasteiger partial charge >= 0.3 is 0 Å². The molecule has 0 radical (unpaired) electrons. The zero-order valence-electron chi connectivity index (χ0n) is 22.3. The first-order chi connectivity index (χ1) is 18.4. The average molecular weight is 518 g/mol. The van der Waals surface area contributed by atoms with Gasteiger partial charge in [-0.15, -0.1) is 0 Å². The van der Waals surface area contributed by atoms with Gasteiger partial charge in [-0.2, -0.15) is 0 Å². The largest absolute Gasteiger partial charge is 0.497 e. The fourth-order valence-corrected chi connectivity index (χ4v) is 4.83. The Labute approximate surface area is 222 Å². The van der Waals surface area contributed by atoms with Crippen LogP contribution >= 0.6 is 0 Å². The molecule has 2 heterocycles. The van der Waals surface area contributed by atoms with Crippen LogP contribution in [0.5, 0.6) is 34.5 Å². The molecule has 8 nitrogen and oxygen atoms in total. The van der Waals surface area contributed by atoms with Crippen LogP contribution in [0, 0.1) is 6.92 Å². The molecule has 5 rings (SSSR count). The summed E-state index contributed by atoms with van der Waals surface area (Å²) in [5, 5.41) is 0. The third-order valence-electron chi connectivity index (χ3n) is 6.90. The molecule has 0 spiro atoms. The van der Waals surface area contributed by atoms with Crippen molar-refractivity contribution in [2.75, 3.05) is 41.7 Å². The van der Waals surface area contributed by atoms with Crippen molar-refractivity contribution < 1.29 is 33.2 Å². The summed E-state index contributed by atoms with van der Waals surface area (Å²) in [5.74, 6) is 3.79. The fourth-order valence-electron chi connectivity index (χ4n) is 4.83. The van der Waals surface area contributed by atoms with Gasteiger partial charge in [-0.05, 0) is 49.2 Å². The van der Waals surface area contributed by atoms with E-state index in [1.165, 1.54) is 5.56 Å². The van der Waals surface area contributed by atoms with Crippen LogP contribution in [0.2, 0.25) is 0 Å². The van der Waals surface area contributed by atoms with Crippen LogP contribution in [0.3, 0.4) is 0 Å². The van der Waals surface area contributed by atoms with Gasteiger partial charge in [0.2, 0.25) is 5.78 Å². The highest BCUT2D eigenvalue weighted by Gasteiger charge is 2.34. The van der Waals surface area contributed by atoms with Crippen molar-refractivity contribution in [3.8, 4) is 34.5 Å². The summed E-state index contributed by atoms with van der Waals surface area (Å²) >= 11 is 0. The molecule has 38 heavy (non-hydrogen) atoms. The fraction of sp³-hybridized carbons (Fsp3) is 0.300. The number of hydrogen-bond acceptors (Lipinski definition) is 8. The molecule has 0 amide bonds. The van der Waals surface area contributed by atoms with Crippen molar-refractivity contribution in [3.63, 3.8) is 0 Å². The van der Waals surface area contributed by atoms with Gasteiger partial charge in [0, 0.05) is 35.8 Å². The zero-order chi connectivity index (χ0) is 26.8. The number of ether oxygens (including phenoxy) is 6. The number of allylic oxidation sites excluding steroid dienone is 1. The van der Waals surface area contributed by atoms with Crippen LogP contribution in [0.1, 0.15) is 32.6 Å². The van der Waals surface area contributed by atoms with Crippen molar-refractivity contribution >= 4 is 11.9 Å². The second-order valence-corrected chi connectivity index (χ2v) is 9.18. The Kier molecular flexibility index (Phi) is 7.15. The lowest BCUT2D eigenvalue weighted by Crippen LogP contribution is -2.34. The molecule has 0 atom stereocenters. The normalized spacial score (nSPS) is 15.4. The molecule has 3 aromatic carbocycles. The number of fused-ring (bicyclic) bond motifs is 2. The lowest BCUT2D eigenvalue weighted by atomic mass is 9.99. The molecule has 0 aliphatic carbocycles. The maximum Gasteiger partial charge on any atom is 0.231 e. The molecule has 0 fully saturated rings. The second kappa shape index (κ2) is 10.7. The van der Waals surface area contributed by atoms with E-state index in [2.05, 4.69) is 17.0 Å². The Balaban J connectivity index is 1.37. The van der Waals surface area contributed by atoms with Gasteiger partial charge < -0.3 is 28.4 Å². The van der Waals surface area contributed by atoms with Gasteiger partial charge in [0.25, 0.3) is 0 Å². The Morgan fingerprint density at radius 3 is 2.29 bits per heavy atom. The van der Waals surface area contributed by atoms with Crippen LogP contribution in [0.4, 0.5) is 0 Å². The topological polar surface area (TPSA) is 75.7 Å². The predicted octanol–water partition coefficient (Wildman–Crippen LogP) is 5.04. The molecule has 8 heteroatoms. The third kappa shape index (κ3) is 4.75. The minimum atomic E-state index is -0.182. The molecule has 0 aromatic heterocycles. The zero-order valence-corrected chi connectivity index (χ0v) is 22.3. The Morgan fingerprint density at radius 2 is 1.61 bits per heavy atom. The lowest BCUT2D eigenvalue weighted by Gasteiger charge is -2.30. The molecule has 2 aliphatic rings. The molecule has 3 aromatic rings. The number of nitrogens with zero attached hydrogens (tertiary/aromatic N) is 1. The summed E-state index contributed by atoms with van der Waals surface area (Å²) in [4.78, 5) is 15.6. The third-order valence-corrected chi connectivity index (χ3v) is 6.90. The second-order valence-electron chi connectivity index (χ2n) is 9.18. The molecule has 0 N–H and O–H groups in total. The van der Waals surface area contributed by atoms with E-state index in [1.807, 2.05) is 25.1 Å². The van der Waals surface area contributed by atoms with Crippen molar-refractivity contribution in [3.05, 3.63) is 76.0 Å². The van der Waals surface area contributed by atoms with E-state index in [0.717, 1.165) is 35.6 Å². The minimum Gasteiger partial charge on any atom is -0.497 e. The van der Waals surface area contributed by atoms with Crippen LogP contribution in [0.15, 0.2) is 48.2 Å². The number of methoxy groups -OCH3 is 4. The number of carbonyl (C=O) groups excluding carboxylic acids is 1. The lowest BCUT2D eigenvalue weighted by molar-refractivity contribution is 0.0954. The summed E-state index contributed by atoms with van der Waals surface area (Å²) in [6, 6.07) is 13.5. The van der Waals surface area contributed by atoms with Gasteiger partial charge in [-0.1, -0.05) is 12.1 Å². The highest BCUT2D eigenvalue weighted by molar-refractivity contribution is 6.15. The van der Waals surface area contributed by atoms with E-state index in [1.54, 1.807) is 46.6 Å². The van der Waals surface area contributed by atoms with E-state index < -0.39 is 0 Å². The minimum absolute atomic E-state index is 0.182. The molecule has 0 saturated heterocycles. The maximum absolute atomic E-state index is 13.4. The summed E-state index contributed by atoms with van der Waals surface area (Å²) in [7, 11) is 6.34. The molecular weight excluding hydrogens is 486 g/mol. The predicted molar refractivity (Wildman–Crippen MR) is 143 cm³/mol.